The van der Waals surface area contributed by atoms with Crippen LogP contribution >= 0.6 is 0 Å². The summed E-state index contributed by atoms with van der Waals surface area (Å²) < 4.78 is 41.4. The van der Waals surface area contributed by atoms with Crippen LogP contribution in [0.15, 0.2) is 18.2 Å². The first-order chi connectivity index (χ1) is 41.1. The number of amides is 1. The summed E-state index contributed by atoms with van der Waals surface area (Å²) in [5.74, 6) is -0.801. The number of rotatable bonds is 58. The summed E-state index contributed by atoms with van der Waals surface area (Å²) in [6.45, 7) is 16.1. The fourth-order valence-electron chi connectivity index (χ4n) is 10.9. The number of carbonyl (C=O) groups excluding carboxylic acids is 5. The maximum atomic E-state index is 13.3. The van der Waals surface area contributed by atoms with Crippen LogP contribution < -0.4 is 5.32 Å². The Morgan fingerprint density at radius 1 is 0.429 bits per heavy atom. The number of benzene rings is 1. The SMILES string of the molecule is CCCCCCCCOC(CCC(=O)OCc1cc(COC(=O)CCCCCCC(=O)OCC(CCCCCC)CCCCCCCC)cc(COC(=O)CCC(CCCCCC)OC(=O)NCCN2CCCC2)c1)OCCCCCCCC. The van der Waals surface area contributed by atoms with Crippen molar-refractivity contribution in [2.75, 3.05) is 46.0 Å². The van der Waals surface area contributed by atoms with Gasteiger partial charge in [0.25, 0.3) is 0 Å². The van der Waals surface area contributed by atoms with E-state index in [2.05, 4.69) is 44.8 Å². The van der Waals surface area contributed by atoms with Crippen LogP contribution in [0.5, 0.6) is 0 Å². The third kappa shape index (κ3) is 44.7. The predicted molar refractivity (Wildman–Crippen MR) is 338 cm³/mol. The van der Waals surface area contributed by atoms with Crippen LogP contribution in [0.3, 0.4) is 0 Å². The van der Waals surface area contributed by atoms with E-state index in [-0.39, 0.29) is 57.0 Å². The van der Waals surface area contributed by atoms with Crippen LogP contribution in [0.4, 0.5) is 4.79 Å². The van der Waals surface area contributed by atoms with Gasteiger partial charge in [0, 0.05) is 52.0 Å². The quantitative estimate of drug-likeness (QED) is 0.0284. The van der Waals surface area contributed by atoms with Gasteiger partial charge in [0.2, 0.25) is 0 Å². The van der Waals surface area contributed by atoms with Crippen LogP contribution in [0, 0.1) is 5.92 Å². The third-order valence-electron chi connectivity index (χ3n) is 16.1. The second kappa shape index (κ2) is 54.6. The molecule has 1 N–H and O–H groups in total. The average molecular weight is 1190 g/mol. The molecule has 1 amide bonds. The molecule has 0 radical (unpaired) electrons. The molecule has 14 heteroatoms. The molecule has 1 saturated heterocycles. The van der Waals surface area contributed by atoms with Gasteiger partial charge in [-0.1, -0.05) is 195 Å². The maximum absolute atomic E-state index is 13.3. The van der Waals surface area contributed by atoms with Crippen molar-refractivity contribution in [2.24, 2.45) is 5.92 Å². The van der Waals surface area contributed by atoms with Crippen molar-refractivity contribution in [3.8, 4) is 0 Å². The highest BCUT2D eigenvalue weighted by atomic mass is 16.7. The molecule has 1 aliphatic heterocycles. The summed E-state index contributed by atoms with van der Waals surface area (Å²) in [6.07, 6.45) is 39.1. The predicted octanol–water partition coefficient (Wildman–Crippen LogP) is 17.8. The molecule has 1 aliphatic rings. The van der Waals surface area contributed by atoms with Crippen LogP contribution in [0.25, 0.3) is 0 Å². The van der Waals surface area contributed by atoms with Gasteiger partial charge in [0.1, 0.15) is 25.9 Å². The largest absolute Gasteiger partial charge is 0.465 e. The minimum absolute atomic E-state index is 0.00340. The van der Waals surface area contributed by atoms with Gasteiger partial charge in [-0.3, -0.25) is 19.2 Å². The van der Waals surface area contributed by atoms with E-state index >= 15 is 0 Å². The number of carbonyl (C=O) groups is 5. The Morgan fingerprint density at radius 2 is 0.810 bits per heavy atom. The zero-order valence-electron chi connectivity index (χ0n) is 54.4. The minimum Gasteiger partial charge on any atom is -0.465 e. The number of ether oxygens (including phenoxy) is 7. The van der Waals surface area contributed by atoms with Crippen molar-refractivity contribution in [1.29, 1.82) is 0 Å². The van der Waals surface area contributed by atoms with Crippen molar-refractivity contribution < 1.29 is 57.1 Å². The molecular formula is C70H124N2O12. The van der Waals surface area contributed by atoms with Gasteiger partial charge < -0.3 is 43.4 Å². The van der Waals surface area contributed by atoms with Crippen molar-refractivity contribution >= 4 is 30.0 Å². The number of alkyl carbamates (subject to hydrolysis) is 1. The standard InChI is InChI=1S/C70H124N2O12/c1-6-11-16-21-24-30-39-60(38-29-19-14-9-4)56-80-65(73)41-32-25-26-33-42-66(74)81-57-61-53-62(58-82-67(75)44-43-64(40-31-20-15-10-5)84-70(77)71-47-50-72-48-34-35-49-72)55-63(54-61)59-83-68(76)45-46-69(78-51-36-27-22-17-12-7-2)79-52-37-28-23-18-13-8-3/h53-55,60,64,69H,6-52,56-59H2,1-5H3,(H,71,77). The summed E-state index contributed by atoms with van der Waals surface area (Å²) in [4.78, 5) is 67.6. The molecule has 2 rings (SSSR count). The molecule has 1 aromatic rings. The molecule has 486 valence electrons. The molecule has 0 spiro atoms. The Kier molecular flexibility index (Phi) is 49.7. The average Bonchev–Trinajstić information content (AvgIpc) is 4.16. The van der Waals surface area contributed by atoms with Gasteiger partial charge in [-0.15, -0.1) is 0 Å². The summed E-state index contributed by atoms with van der Waals surface area (Å²) >= 11 is 0. The molecule has 1 heterocycles. The van der Waals surface area contributed by atoms with Gasteiger partial charge >= 0.3 is 30.0 Å². The molecule has 0 saturated carbocycles. The van der Waals surface area contributed by atoms with E-state index in [0.29, 0.717) is 81.1 Å². The van der Waals surface area contributed by atoms with Crippen molar-refractivity contribution in [1.82, 2.24) is 10.2 Å². The zero-order chi connectivity index (χ0) is 60.8. The molecule has 14 nitrogen and oxygen atoms in total. The molecule has 84 heavy (non-hydrogen) atoms. The Labute approximate surface area is 512 Å². The number of hydrogen-bond acceptors (Lipinski definition) is 13. The lowest BCUT2D eigenvalue weighted by molar-refractivity contribution is -0.160. The molecule has 2 atom stereocenters. The Morgan fingerprint density at radius 3 is 1.29 bits per heavy atom. The zero-order valence-corrected chi connectivity index (χ0v) is 54.4. The van der Waals surface area contributed by atoms with Gasteiger partial charge in [-0.25, -0.2) is 4.79 Å². The lowest BCUT2D eigenvalue weighted by Gasteiger charge is -2.19. The highest BCUT2D eigenvalue weighted by Gasteiger charge is 2.20. The van der Waals surface area contributed by atoms with Gasteiger partial charge in [0.15, 0.2) is 6.29 Å². The lowest BCUT2D eigenvalue weighted by atomic mass is 9.95. The first-order valence-corrected chi connectivity index (χ1v) is 34.7. The van der Waals surface area contributed by atoms with Crippen LogP contribution in [0.2, 0.25) is 0 Å². The van der Waals surface area contributed by atoms with E-state index in [1.165, 1.54) is 128 Å². The number of nitrogens with one attached hydrogen (secondary N) is 1. The smallest absolute Gasteiger partial charge is 0.407 e. The highest BCUT2D eigenvalue weighted by Crippen LogP contribution is 2.22. The van der Waals surface area contributed by atoms with Gasteiger partial charge in [0.05, 0.1) is 13.0 Å². The molecule has 1 fully saturated rings. The van der Waals surface area contributed by atoms with Crippen LogP contribution in [-0.4, -0.2) is 93.3 Å². The maximum Gasteiger partial charge on any atom is 0.407 e. The van der Waals surface area contributed by atoms with Crippen molar-refractivity contribution in [3.63, 3.8) is 0 Å². The summed E-state index contributed by atoms with van der Waals surface area (Å²) in [5.41, 5.74) is 2.02. The first-order valence-electron chi connectivity index (χ1n) is 34.7. The monoisotopic (exact) mass is 1180 g/mol. The number of unbranched alkanes of at least 4 members (excludes halogenated alkanes) is 24. The van der Waals surface area contributed by atoms with Crippen LogP contribution in [-0.2, 0) is 72.2 Å². The topological polar surface area (TPSA) is 165 Å². The normalized spacial score (nSPS) is 13.3. The third-order valence-corrected chi connectivity index (χ3v) is 16.1. The Bertz CT molecular complexity index is 1760. The van der Waals surface area contributed by atoms with E-state index in [4.69, 9.17) is 33.2 Å². The first kappa shape index (κ1) is 76.3. The highest BCUT2D eigenvalue weighted by molar-refractivity contribution is 5.71. The summed E-state index contributed by atoms with van der Waals surface area (Å²) in [6, 6.07) is 5.53. The van der Waals surface area contributed by atoms with Crippen LogP contribution in [0.1, 0.15) is 315 Å². The number of hydrogen-bond donors (Lipinski definition) is 1. The van der Waals surface area contributed by atoms with Crippen molar-refractivity contribution in [2.45, 2.75) is 330 Å². The second-order valence-corrected chi connectivity index (χ2v) is 24.1. The molecule has 1 aromatic carbocycles. The van der Waals surface area contributed by atoms with E-state index in [0.717, 1.165) is 103 Å². The summed E-state index contributed by atoms with van der Waals surface area (Å²) in [5, 5.41) is 2.90. The fraction of sp³-hybridized carbons (Fsp3) is 0.843. The second-order valence-electron chi connectivity index (χ2n) is 24.1. The number of nitrogens with zero attached hydrogens (tertiary/aromatic N) is 1. The Hall–Kier alpha value is -3.75. The lowest BCUT2D eigenvalue weighted by Crippen LogP contribution is -2.35. The van der Waals surface area contributed by atoms with E-state index in [1.54, 1.807) is 0 Å². The number of esters is 4. The fourth-order valence-corrected chi connectivity index (χ4v) is 10.9. The minimum atomic E-state index is -0.483. The molecule has 0 aromatic heterocycles. The van der Waals surface area contributed by atoms with E-state index < -0.39 is 24.5 Å². The van der Waals surface area contributed by atoms with E-state index in [1.807, 2.05) is 18.2 Å². The van der Waals surface area contributed by atoms with Gasteiger partial charge in [-0.2, -0.15) is 0 Å². The molecule has 0 aliphatic carbocycles. The van der Waals surface area contributed by atoms with E-state index in [9.17, 15) is 24.0 Å². The van der Waals surface area contributed by atoms with Gasteiger partial charge in [-0.05, 0) is 125 Å². The number of likely N-dealkylation sites (tertiary alicyclic amines) is 1. The molecule has 0 bridgehead atoms. The molecular weight excluding hydrogens is 1060 g/mol. The molecule has 2 unspecified atom stereocenters. The summed E-state index contributed by atoms with van der Waals surface area (Å²) in [7, 11) is 0. The Balaban J connectivity index is 2.01. The van der Waals surface area contributed by atoms with Crippen molar-refractivity contribution in [3.05, 3.63) is 34.9 Å².